The summed E-state index contributed by atoms with van der Waals surface area (Å²) >= 11 is 0. The molecule has 0 atom stereocenters. The first-order valence-corrected chi connectivity index (χ1v) is 16.0. The van der Waals surface area contributed by atoms with Crippen LogP contribution < -0.4 is 29.6 Å². The van der Waals surface area contributed by atoms with Crippen molar-refractivity contribution < 1.29 is 38.1 Å². The van der Waals surface area contributed by atoms with Crippen molar-refractivity contribution in [2.75, 3.05) is 59.9 Å². The average Bonchev–Trinajstić information content (AvgIpc) is 3.09. The molecule has 0 aliphatic carbocycles. The predicted molar refractivity (Wildman–Crippen MR) is 184 cm³/mol. The van der Waals surface area contributed by atoms with Crippen LogP contribution in [0.15, 0.2) is 54.6 Å². The maximum Gasteiger partial charge on any atom is 0.410 e. The molecule has 1 saturated heterocycles. The number of nitrogens with zero attached hydrogens (tertiary/aromatic N) is 1. The second-order valence-corrected chi connectivity index (χ2v) is 12.7. The third-order valence-corrected chi connectivity index (χ3v) is 8.22. The summed E-state index contributed by atoms with van der Waals surface area (Å²) in [5, 5.41) is 6.22. The number of benzene rings is 3. The van der Waals surface area contributed by atoms with Crippen molar-refractivity contribution in [1.29, 1.82) is 0 Å². The van der Waals surface area contributed by atoms with Gasteiger partial charge in [-0.2, -0.15) is 0 Å². The summed E-state index contributed by atoms with van der Waals surface area (Å²) in [7, 11) is 6.29. The summed E-state index contributed by atoms with van der Waals surface area (Å²) in [5.41, 5.74) is 2.47. The number of piperidine rings is 1. The Morgan fingerprint density at radius 3 is 2.10 bits per heavy atom. The molecule has 3 aromatic rings. The molecule has 0 aromatic heterocycles. The van der Waals surface area contributed by atoms with Gasteiger partial charge in [0, 0.05) is 48.8 Å². The van der Waals surface area contributed by atoms with E-state index in [0.29, 0.717) is 71.4 Å². The zero-order valence-corrected chi connectivity index (χ0v) is 28.9. The number of likely N-dealkylation sites (tertiary alicyclic amines) is 1. The number of ketones is 1. The van der Waals surface area contributed by atoms with Crippen molar-refractivity contribution in [1.82, 2.24) is 10.2 Å². The highest BCUT2D eigenvalue weighted by Crippen LogP contribution is 2.37. The molecule has 11 nitrogen and oxygen atoms in total. The number of rotatable bonds is 13. The topological polar surface area (TPSA) is 125 Å². The molecule has 0 saturated carbocycles. The Morgan fingerprint density at radius 2 is 1.50 bits per heavy atom. The Bertz CT molecular complexity index is 1570. The monoisotopic (exact) mass is 661 g/mol. The largest absolute Gasteiger partial charge is 0.497 e. The molecule has 2 amide bonds. The van der Waals surface area contributed by atoms with E-state index in [4.69, 9.17) is 23.7 Å². The number of carbonyl (C=O) groups is 3. The highest BCUT2D eigenvalue weighted by molar-refractivity contribution is 6.10. The van der Waals surface area contributed by atoms with E-state index in [1.807, 2.05) is 32.9 Å². The molecule has 1 aliphatic rings. The minimum absolute atomic E-state index is 0.00415. The Labute approximate surface area is 282 Å². The van der Waals surface area contributed by atoms with Crippen molar-refractivity contribution in [3.05, 3.63) is 76.9 Å². The van der Waals surface area contributed by atoms with Crippen LogP contribution in [0.2, 0.25) is 0 Å². The van der Waals surface area contributed by atoms with Crippen molar-refractivity contribution in [2.45, 2.75) is 45.6 Å². The molecule has 1 heterocycles. The number of methoxy groups -OCH3 is 4. The molecule has 0 radical (unpaired) electrons. The first-order chi connectivity index (χ1) is 23.0. The summed E-state index contributed by atoms with van der Waals surface area (Å²) in [5.74, 6) is 2.26. The van der Waals surface area contributed by atoms with Crippen LogP contribution in [0.3, 0.4) is 0 Å². The van der Waals surface area contributed by atoms with Crippen LogP contribution >= 0.6 is 0 Å². The average molecular weight is 662 g/mol. The predicted octanol–water partition coefficient (Wildman–Crippen LogP) is 5.72. The summed E-state index contributed by atoms with van der Waals surface area (Å²) in [4.78, 5) is 40.9. The maximum absolute atomic E-state index is 13.9. The van der Waals surface area contributed by atoms with Crippen LogP contribution in [0.5, 0.6) is 23.0 Å². The minimum atomic E-state index is -0.534. The molecule has 1 aliphatic heterocycles. The van der Waals surface area contributed by atoms with Crippen molar-refractivity contribution in [3.63, 3.8) is 0 Å². The van der Waals surface area contributed by atoms with Crippen LogP contribution in [0.25, 0.3) is 0 Å². The van der Waals surface area contributed by atoms with Crippen molar-refractivity contribution in [3.8, 4) is 23.0 Å². The van der Waals surface area contributed by atoms with Gasteiger partial charge < -0.3 is 39.2 Å². The fourth-order valence-electron chi connectivity index (χ4n) is 5.62. The summed E-state index contributed by atoms with van der Waals surface area (Å²) < 4.78 is 27.7. The summed E-state index contributed by atoms with van der Waals surface area (Å²) in [6, 6.07) is 16.0. The number of anilines is 1. The number of hydrogen-bond donors (Lipinski definition) is 2. The Balaban J connectivity index is 1.49. The standard InChI is InChI=1S/C37H47N3O8/c1-37(2,3)48-36(43)40-18-16-24(17-19-40)22-39-33(41)23-38-31-15-14-29(34(42)25-8-11-27(44-4)12-9-25)30(35(31)47-7)20-26-10-13-28(45-5)21-32(26)46-6/h8-15,21,24,38H,16-20,22-23H2,1-7H3,(H,39,41). The fraction of sp³-hybridized carbons (Fsp3) is 0.432. The first kappa shape index (κ1) is 35.9. The van der Waals surface area contributed by atoms with Gasteiger partial charge in [-0.25, -0.2) is 4.79 Å². The third kappa shape index (κ3) is 9.33. The van der Waals surface area contributed by atoms with Gasteiger partial charge in [0.1, 0.15) is 28.6 Å². The van der Waals surface area contributed by atoms with Gasteiger partial charge in [-0.1, -0.05) is 6.07 Å². The van der Waals surface area contributed by atoms with E-state index in [2.05, 4.69) is 10.6 Å². The van der Waals surface area contributed by atoms with Gasteiger partial charge in [-0.05, 0) is 87.6 Å². The van der Waals surface area contributed by atoms with Gasteiger partial charge in [0.2, 0.25) is 5.91 Å². The fourth-order valence-corrected chi connectivity index (χ4v) is 5.62. The summed E-state index contributed by atoms with van der Waals surface area (Å²) in [6.07, 6.45) is 1.58. The van der Waals surface area contributed by atoms with E-state index in [1.165, 1.54) is 0 Å². The number of nitrogens with one attached hydrogen (secondary N) is 2. The zero-order valence-electron chi connectivity index (χ0n) is 28.9. The van der Waals surface area contributed by atoms with Crippen LogP contribution in [-0.4, -0.2) is 82.9 Å². The van der Waals surface area contributed by atoms with E-state index in [-0.39, 0.29) is 30.2 Å². The Hall–Kier alpha value is -4.93. The van der Waals surface area contributed by atoms with Crippen LogP contribution in [0.4, 0.5) is 10.5 Å². The van der Waals surface area contributed by atoms with Gasteiger partial charge in [0.15, 0.2) is 5.78 Å². The molecule has 0 unspecified atom stereocenters. The molecule has 48 heavy (non-hydrogen) atoms. The number of ether oxygens (including phenoxy) is 5. The third-order valence-electron chi connectivity index (χ3n) is 8.22. The van der Waals surface area contributed by atoms with Gasteiger partial charge in [0.05, 0.1) is 40.7 Å². The molecular weight excluding hydrogens is 614 g/mol. The SMILES string of the molecule is COc1ccc(C(=O)c2ccc(NCC(=O)NCC3CCN(C(=O)OC(C)(C)C)CC3)c(OC)c2Cc2ccc(OC)cc2OC)cc1. The molecular formula is C37H47N3O8. The second-order valence-electron chi connectivity index (χ2n) is 12.7. The highest BCUT2D eigenvalue weighted by Gasteiger charge is 2.27. The molecule has 0 bridgehead atoms. The normalized spacial score (nSPS) is 13.4. The second kappa shape index (κ2) is 16.3. The van der Waals surface area contributed by atoms with Gasteiger partial charge in [0.25, 0.3) is 0 Å². The molecule has 2 N–H and O–H groups in total. The van der Waals surface area contributed by atoms with Crippen LogP contribution in [-0.2, 0) is 16.0 Å². The van der Waals surface area contributed by atoms with Crippen LogP contribution in [0, 0.1) is 5.92 Å². The Kier molecular flexibility index (Phi) is 12.2. The molecule has 258 valence electrons. The molecule has 1 fully saturated rings. The van der Waals surface area contributed by atoms with Gasteiger partial charge >= 0.3 is 6.09 Å². The molecule has 3 aromatic carbocycles. The summed E-state index contributed by atoms with van der Waals surface area (Å²) in [6.45, 7) is 7.26. The lowest BCUT2D eigenvalue weighted by Gasteiger charge is -2.33. The highest BCUT2D eigenvalue weighted by atomic mass is 16.6. The smallest absolute Gasteiger partial charge is 0.410 e. The quantitative estimate of drug-likeness (QED) is 0.222. The van der Waals surface area contributed by atoms with E-state index < -0.39 is 5.60 Å². The molecule has 11 heteroatoms. The van der Waals surface area contributed by atoms with E-state index >= 15 is 0 Å². The van der Waals surface area contributed by atoms with Crippen molar-refractivity contribution >= 4 is 23.5 Å². The molecule has 4 rings (SSSR count). The lowest BCUT2D eigenvalue weighted by atomic mass is 9.92. The Morgan fingerprint density at radius 1 is 0.833 bits per heavy atom. The van der Waals surface area contributed by atoms with Crippen LogP contribution in [0.1, 0.15) is 60.7 Å². The zero-order chi connectivity index (χ0) is 34.8. The number of carbonyl (C=O) groups excluding carboxylic acids is 3. The van der Waals surface area contributed by atoms with Crippen molar-refractivity contribution in [2.24, 2.45) is 5.92 Å². The maximum atomic E-state index is 13.9. The van der Waals surface area contributed by atoms with Gasteiger partial charge in [-0.3, -0.25) is 9.59 Å². The van der Waals surface area contributed by atoms with E-state index in [1.54, 1.807) is 75.8 Å². The lowest BCUT2D eigenvalue weighted by molar-refractivity contribution is -0.119. The van der Waals surface area contributed by atoms with E-state index in [0.717, 1.165) is 18.4 Å². The minimum Gasteiger partial charge on any atom is -0.497 e. The first-order valence-electron chi connectivity index (χ1n) is 16.0. The van der Waals surface area contributed by atoms with Gasteiger partial charge in [-0.15, -0.1) is 0 Å². The van der Waals surface area contributed by atoms with E-state index in [9.17, 15) is 14.4 Å². The lowest BCUT2D eigenvalue weighted by Crippen LogP contribution is -2.44. The number of hydrogen-bond acceptors (Lipinski definition) is 9. The number of amides is 2. The molecule has 0 spiro atoms.